The topological polar surface area (TPSA) is 72.7 Å². The molecule has 0 spiro atoms. The maximum Gasteiger partial charge on any atom is 0.270 e. The fourth-order valence-electron chi connectivity index (χ4n) is 1.88. The van der Waals surface area contributed by atoms with Gasteiger partial charge >= 0.3 is 0 Å². The largest absolute Gasteiger partial charge is 0.383 e. The Morgan fingerprint density at radius 1 is 1.48 bits per heavy atom. The summed E-state index contributed by atoms with van der Waals surface area (Å²) in [6.45, 7) is 4.89. The molecule has 0 radical (unpaired) electrons. The minimum absolute atomic E-state index is 0.188. The van der Waals surface area contributed by atoms with Crippen molar-refractivity contribution in [3.8, 4) is 0 Å². The van der Waals surface area contributed by atoms with Gasteiger partial charge in [0.25, 0.3) is 11.6 Å². The van der Waals surface area contributed by atoms with Crippen LogP contribution >= 0.6 is 0 Å². The lowest BCUT2D eigenvalue weighted by Crippen LogP contribution is -2.37. The van der Waals surface area contributed by atoms with Gasteiger partial charge in [0.05, 0.1) is 17.1 Å². The number of hydrogen-bond acceptors (Lipinski definition) is 4. The standard InChI is InChI=1S/C14H19FN2O4/c1-10(2)9-16(6-7-21-3)14(18)12-8-11(17(19)20)4-5-13(12)15/h4-5,8,10H,6-7,9H2,1-3H3. The third-order valence-electron chi connectivity index (χ3n) is 2.83. The summed E-state index contributed by atoms with van der Waals surface area (Å²) in [6, 6.07) is 2.95. The molecular weight excluding hydrogens is 279 g/mol. The minimum atomic E-state index is -0.767. The lowest BCUT2D eigenvalue weighted by atomic mass is 10.1. The molecule has 0 atom stereocenters. The molecule has 1 aromatic rings. The molecule has 0 fully saturated rings. The third-order valence-corrected chi connectivity index (χ3v) is 2.83. The maximum absolute atomic E-state index is 13.8. The van der Waals surface area contributed by atoms with Gasteiger partial charge in [-0.05, 0) is 12.0 Å². The number of hydrogen-bond donors (Lipinski definition) is 0. The first-order chi connectivity index (χ1) is 9.86. The quantitative estimate of drug-likeness (QED) is 0.572. The molecule has 21 heavy (non-hydrogen) atoms. The van der Waals surface area contributed by atoms with Crippen LogP contribution in [-0.4, -0.2) is 42.5 Å². The van der Waals surface area contributed by atoms with Crippen LogP contribution in [0.2, 0.25) is 0 Å². The van der Waals surface area contributed by atoms with Crippen molar-refractivity contribution < 1.29 is 18.8 Å². The molecule has 0 heterocycles. The SMILES string of the molecule is COCCN(CC(C)C)C(=O)c1cc([N+](=O)[O-])ccc1F. The summed E-state index contributed by atoms with van der Waals surface area (Å²) in [4.78, 5) is 23.9. The normalized spacial score (nSPS) is 10.7. The zero-order chi connectivity index (χ0) is 16.0. The summed E-state index contributed by atoms with van der Waals surface area (Å²) in [5.41, 5.74) is -0.600. The number of amides is 1. The summed E-state index contributed by atoms with van der Waals surface area (Å²) >= 11 is 0. The van der Waals surface area contributed by atoms with Crippen LogP contribution in [0.5, 0.6) is 0 Å². The number of halogens is 1. The van der Waals surface area contributed by atoms with E-state index in [0.717, 1.165) is 18.2 Å². The molecule has 1 rings (SSSR count). The van der Waals surface area contributed by atoms with E-state index in [2.05, 4.69) is 0 Å². The van der Waals surface area contributed by atoms with E-state index in [1.54, 1.807) is 0 Å². The Morgan fingerprint density at radius 3 is 2.67 bits per heavy atom. The van der Waals surface area contributed by atoms with E-state index >= 15 is 0 Å². The Labute approximate surface area is 122 Å². The van der Waals surface area contributed by atoms with E-state index in [1.807, 2.05) is 13.8 Å². The predicted molar refractivity (Wildman–Crippen MR) is 75.7 cm³/mol. The van der Waals surface area contributed by atoms with Gasteiger partial charge in [-0.3, -0.25) is 14.9 Å². The molecule has 0 unspecified atom stereocenters. The zero-order valence-corrected chi connectivity index (χ0v) is 12.3. The van der Waals surface area contributed by atoms with Crippen molar-refractivity contribution in [2.24, 2.45) is 5.92 Å². The lowest BCUT2D eigenvalue weighted by molar-refractivity contribution is -0.384. The van der Waals surface area contributed by atoms with Gasteiger partial charge in [-0.2, -0.15) is 0 Å². The summed E-state index contributed by atoms with van der Waals surface area (Å²) in [5.74, 6) is -1.15. The average molecular weight is 298 g/mol. The van der Waals surface area contributed by atoms with Crippen LogP contribution in [0.4, 0.5) is 10.1 Å². The monoisotopic (exact) mass is 298 g/mol. The maximum atomic E-state index is 13.8. The van der Waals surface area contributed by atoms with Crippen LogP contribution in [0.3, 0.4) is 0 Å². The first-order valence-corrected chi connectivity index (χ1v) is 6.59. The highest BCUT2D eigenvalue weighted by atomic mass is 19.1. The molecule has 0 aromatic heterocycles. The number of methoxy groups -OCH3 is 1. The molecule has 0 saturated carbocycles. The second kappa shape index (κ2) is 7.68. The smallest absolute Gasteiger partial charge is 0.270 e. The van der Waals surface area contributed by atoms with Crippen molar-refractivity contribution in [3.63, 3.8) is 0 Å². The van der Waals surface area contributed by atoms with Crippen LogP contribution in [0.25, 0.3) is 0 Å². The molecule has 0 aliphatic carbocycles. The van der Waals surface area contributed by atoms with Gasteiger partial charge in [-0.25, -0.2) is 4.39 Å². The van der Waals surface area contributed by atoms with Crippen molar-refractivity contribution in [1.82, 2.24) is 4.90 Å². The van der Waals surface area contributed by atoms with Gasteiger partial charge < -0.3 is 9.64 Å². The average Bonchev–Trinajstić information content (AvgIpc) is 2.42. The highest BCUT2D eigenvalue weighted by molar-refractivity contribution is 5.95. The predicted octanol–water partition coefficient (Wildman–Crippen LogP) is 2.48. The molecule has 6 nitrogen and oxygen atoms in total. The van der Waals surface area contributed by atoms with Crippen molar-refractivity contribution >= 4 is 11.6 Å². The Morgan fingerprint density at radius 2 is 2.14 bits per heavy atom. The molecule has 0 N–H and O–H groups in total. The molecule has 0 aliphatic rings. The summed E-state index contributed by atoms with van der Waals surface area (Å²) < 4.78 is 18.7. The van der Waals surface area contributed by atoms with E-state index in [0.29, 0.717) is 19.7 Å². The van der Waals surface area contributed by atoms with Crippen molar-refractivity contribution in [3.05, 3.63) is 39.7 Å². The van der Waals surface area contributed by atoms with E-state index in [4.69, 9.17) is 4.74 Å². The van der Waals surface area contributed by atoms with E-state index in [9.17, 15) is 19.3 Å². The number of nitro groups is 1. The molecular formula is C14H19FN2O4. The summed E-state index contributed by atoms with van der Waals surface area (Å²) in [5, 5.41) is 10.7. The molecule has 0 aliphatic heterocycles. The van der Waals surface area contributed by atoms with Gasteiger partial charge in [0.2, 0.25) is 0 Å². The first kappa shape index (κ1) is 17.0. The number of non-ortho nitro benzene ring substituents is 1. The summed E-state index contributed by atoms with van der Waals surface area (Å²) in [6.07, 6.45) is 0. The molecule has 0 bridgehead atoms. The Kier molecular flexibility index (Phi) is 6.23. The second-order valence-corrected chi connectivity index (χ2v) is 5.06. The van der Waals surface area contributed by atoms with Crippen LogP contribution in [0, 0.1) is 21.8 Å². The number of nitro benzene ring substituents is 1. The number of rotatable bonds is 7. The highest BCUT2D eigenvalue weighted by Gasteiger charge is 2.22. The van der Waals surface area contributed by atoms with Gasteiger partial charge in [0.1, 0.15) is 5.82 Å². The van der Waals surface area contributed by atoms with Crippen LogP contribution in [0.1, 0.15) is 24.2 Å². The molecule has 1 amide bonds. The van der Waals surface area contributed by atoms with Gasteiger partial charge in [-0.1, -0.05) is 13.8 Å². The fourth-order valence-corrected chi connectivity index (χ4v) is 1.88. The minimum Gasteiger partial charge on any atom is -0.383 e. The molecule has 7 heteroatoms. The van der Waals surface area contributed by atoms with E-state index in [-0.39, 0.29) is 17.2 Å². The van der Waals surface area contributed by atoms with E-state index in [1.165, 1.54) is 12.0 Å². The number of benzene rings is 1. The van der Waals surface area contributed by atoms with E-state index < -0.39 is 16.6 Å². The number of carbonyl (C=O) groups is 1. The van der Waals surface area contributed by atoms with Crippen LogP contribution < -0.4 is 0 Å². The number of nitrogens with zero attached hydrogens (tertiary/aromatic N) is 2. The lowest BCUT2D eigenvalue weighted by Gasteiger charge is -2.24. The Hall–Kier alpha value is -2.02. The number of carbonyl (C=O) groups excluding carboxylic acids is 1. The molecule has 0 saturated heterocycles. The molecule has 1 aromatic carbocycles. The van der Waals surface area contributed by atoms with Crippen LogP contribution in [-0.2, 0) is 4.74 Å². The van der Waals surface area contributed by atoms with Crippen molar-refractivity contribution in [2.75, 3.05) is 26.8 Å². The van der Waals surface area contributed by atoms with Crippen molar-refractivity contribution in [1.29, 1.82) is 0 Å². The molecule has 116 valence electrons. The summed E-state index contributed by atoms with van der Waals surface area (Å²) in [7, 11) is 1.51. The zero-order valence-electron chi connectivity index (χ0n) is 12.3. The van der Waals surface area contributed by atoms with Gasteiger partial charge in [0.15, 0.2) is 0 Å². The van der Waals surface area contributed by atoms with Gasteiger partial charge in [-0.15, -0.1) is 0 Å². The highest BCUT2D eigenvalue weighted by Crippen LogP contribution is 2.19. The first-order valence-electron chi connectivity index (χ1n) is 6.59. The Bertz CT molecular complexity index is 520. The fraction of sp³-hybridized carbons (Fsp3) is 0.500. The van der Waals surface area contributed by atoms with Crippen LogP contribution in [0.15, 0.2) is 18.2 Å². The van der Waals surface area contributed by atoms with Gasteiger partial charge in [0, 0.05) is 32.3 Å². The Balaban J connectivity index is 3.06. The van der Waals surface area contributed by atoms with Crippen molar-refractivity contribution in [2.45, 2.75) is 13.8 Å². The second-order valence-electron chi connectivity index (χ2n) is 5.06. The third kappa shape index (κ3) is 4.78. The number of ether oxygens (including phenoxy) is 1.